The summed E-state index contributed by atoms with van der Waals surface area (Å²) in [5, 5.41) is 23.0. The van der Waals surface area contributed by atoms with Gasteiger partial charge in [-0.15, -0.1) is 0 Å². The second kappa shape index (κ2) is 15.7. The summed E-state index contributed by atoms with van der Waals surface area (Å²) in [4.78, 5) is 25.5. The summed E-state index contributed by atoms with van der Waals surface area (Å²) in [6.07, 6.45) is 0.397. The van der Waals surface area contributed by atoms with E-state index in [0.29, 0.717) is 50.5 Å². The molecule has 0 aliphatic rings. The molecular weight excluding hydrogens is 532 g/mol. The lowest BCUT2D eigenvalue weighted by Gasteiger charge is -2.25. The zero-order valence-corrected chi connectivity index (χ0v) is 23.4. The Morgan fingerprint density at radius 1 is 0.524 bits per heavy atom. The summed E-state index contributed by atoms with van der Waals surface area (Å²) in [5.41, 5.74) is 3.41. The van der Waals surface area contributed by atoms with E-state index in [9.17, 15) is 19.8 Å². The first kappa shape index (κ1) is 30.0. The van der Waals surface area contributed by atoms with Gasteiger partial charge in [-0.1, -0.05) is 60.7 Å². The lowest BCUT2D eigenvalue weighted by Crippen LogP contribution is -2.42. The average molecular weight is 567 g/mol. The minimum atomic E-state index is -1.20. The molecule has 4 aromatic carbocycles. The van der Waals surface area contributed by atoms with E-state index >= 15 is 0 Å². The fourth-order valence-electron chi connectivity index (χ4n) is 4.57. The minimum Gasteiger partial charge on any atom is -0.530 e. The number of rotatable bonds is 15. The lowest BCUT2D eigenvalue weighted by molar-refractivity contribution is -0.247. The Labute approximate surface area is 246 Å². The van der Waals surface area contributed by atoms with Crippen LogP contribution < -0.4 is 29.5 Å². The SMILES string of the molecule is O=C([O-])N(CCCc1ccc(OCCOc2ccc(CCCN(C(=O)[O-])c3ccccc3)cc2)cc1)c1ccccc1. The molecule has 8 heteroatoms. The molecule has 0 aliphatic heterocycles. The van der Waals surface area contributed by atoms with Crippen molar-refractivity contribution in [3.63, 3.8) is 0 Å². The highest BCUT2D eigenvalue weighted by Gasteiger charge is 2.08. The largest absolute Gasteiger partial charge is 0.530 e. The number of carboxylic acid groups (broad SMARTS) is 2. The zero-order valence-electron chi connectivity index (χ0n) is 23.4. The molecule has 2 amide bonds. The van der Waals surface area contributed by atoms with Crippen molar-refractivity contribution in [3.8, 4) is 11.5 Å². The Bertz CT molecular complexity index is 1270. The molecule has 0 N–H and O–H groups in total. The molecule has 4 aromatic rings. The fourth-order valence-corrected chi connectivity index (χ4v) is 4.57. The van der Waals surface area contributed by atoms with Gasteiger partial charge in [0, 0.05) is 24.5 Å². The molecule has 0 unspecified atom stereocenters. The van der Waals surface area contributed by atoms with Gasteiger partial charge in [0.25, 0.3) is 0 Å². The molecule has 0 aliphatic carbocycles. The van der Waals surface area contributed by atoms with E-state index < -0.39 is 12.2 Å². The standard InChI is InChI=1S/C34H36N2O6/c37-33(38)35(29-11-3-1-4-12-29)23-7-9-27-15-19-31(20-16-27)41-25-26-42-32-21-17-28(18-22-32)10-8-24-36(34(39)40)30-13-5-2-6-14-30/h1-6,11-22H,7-10,23-26H2,(H,37,38)(H,39,40)/p-2. The summed E-state index contributed by atoms with van der Waals surface area (Å²) in [6.45, 7) is 1.49. The molecule has 0 radical (unpaired) electrons. The summed E-state index contributed by atoms with van der Waals surface area (Å²) < 4.78 is 11.6. The normalized spacial score (nSPS) is 10.6. The highest BCUT2D eigenvalue weighted by atomic mass is 16.5. The van der Waals surface area contributed by atoms with E-state index in [-0.39, 0.29) is 0 Å². The number of carbonyl (C=O) groups excluding carboxylic acids is 2. The van der Waals surface area contributed by atoms with Crippen molar-refractivity contribution < 1.29 is 29.3 Å². The van der Waals surface area contributed by atoms with Gasteiger partial charge < -0.3 is 39.1 Å². The number of nitrogens with zero attached hydrogens (tertiary/aromatic N) is 2. The zero-order chi connectivity index (χ0) is 29.6. The van der Waals surface area contributed by atoms with Gasteiger partial charge in [0.1, 0.15) is 36.9 Å². The van der Waals surface area contributed by atoms with Gasteiger partial charge in [-0.2, -0.15) is 0 Å². The van der Waals surface area contributed by atoms with Crippen molar-refractivity contribution in [2.45, 2.75) is 25.7 Å². The topological polar surface area (TPSA) is 105 Å². The number of hydrogen-bond acceptors (Lipinski definition) is 6. The average Bonchev–Trinajstić information content (AvgIpc) is 3.01. The quantitative estimate of drug-likeness (QED) is 0.193. The maximum atomic E-state index is 11.5. The molecule has 42 heavy (non-hydrogen) atoms. The Kier molecular flexibility index (Phi) is 11.2. The number of aryl methyl sites for hydroxylation is 2. The van der Waals surface area contributed by atoms with Crippen molar-refractivity contribution in [2.24, 2.45) is 0 Å². The first-order valence-corrected chi connectivity index (χ1v) is 14.0. The molecule has 0 saturated heterocycles. The first-order valence-electron chi connectivity index (χ1n) is 14.0. The highest BCUT2D eigenvalue weighted by Crippen LogP contribution is 2.18. The predicted octanol–water partition coefficient (Wildman–Crippen LogP) is 4.71. The molecule has 4 rings (SSSR count). The van der Waals surface area contributed by atoms with Crippen molar-refractivity contribution in [2.75, 3.05) is 36.1 Å². The van der Waals surface area contributed by atoms with Crippen LogP contribution >= 0.6 is 0 Å². The lowest BCUT2D eigenvalue weighted by atomic mass is 10.1. The third kappa shape index (κ3) is 9.30. The van der Waals surface area contributed by atoms with Gasteiger partial charge in [-0.05, 0) is 85.3 Å². The monoisotopic (exact) mass is 566 g/mol. The van der Waals surface area contributed by atoms with Gasteiger partial charge in [0.2, 0.25) is 0 Å². The van der Waals surface area contributed by atoms with E-state index in [1.165, 1.54) is 9.80 Å². The number of amides is 2. The van der Waals surface area contributed by atoms with Crippen LogP contribution in [0.4, 0.5) is 21.0 Å². The van der Waals surface area contributed by atoms with Crippen LogP contribution in [0.15, 0.2) is 109 Å². The van der Waals surface area contributed by atoms with Crippen LogP contribution in [-0.2, 0) is 12.8 Å². The summed E-state index contributed by atoms with van der Waals surface area (Å²) in [5.74, 6) is 1.47. The predicted molar refractivity (Wildman–Crippen MR) is 159 cm³/mol. The maximum absolute atomic E-state index is 11.5. The molecule has 0 fully saturated rings. The van der Waals surface area contributed by atoms with Crippen LogP contribution in [0, 0.1) is 0 Å². The number of benzene rings is 4. The molecule has 0 aromatic heterocycles. The Hall–Kier alpha value is -4.98. The second-order valence-electron chi connectivity index (χ2n) is 9.70. The third-order valence-electron chi connectivity index (χ3n) is 6.74. The molecule has 0 heterocycles. The van der Waals surface area contributed by atoms with Crippen LogP contribution in [-0.4, -0.2) is 38.5 Å². The first-order chi connectivity index (χ1) is 20.5. The number of para-hydroxylation sites is 2. The van der Waals surface area contributed by atoms with E-state index in [1.807, 2.05) is 60.7 Å². The van der Waals surface area contributed by atoms with Crippen molar-refractivity contribution in [3.05, 3.63) is 120 Å². The van der Waals surface area contributed by atoms with Gasteiger partial charge >= 0.3 is 0 Å². The fraction of sp³-hybridized carbons (Fsp3) is 0.235. The van der Waals surface area contributed by atoms with E-state index in [2.05, 4.69) is 0 Å². The number of carbonyl (C=O) groups is 2. The maximum Gasteiger partial charge on any atom is 0.141 e. The minimum absolute atomic E-state index is 0.359. The van der Waals surface area contributed by atoms with Gasteiger partial charge in [-0.25, -0.2) is 0 Å². The van der Waals surface area contributed by atoms with Gasteiger partial charge in [0.15, 0.2) is 0 Å². The molecule has 0 bridgehead atoms. The summed E-state index contributed by atoms with van der Waals surface area (Å²) in [7, 11) is 0. The summed E-state index contributed by atoms with van der Waals surface area (Å²) in [6, 6.07) is 33.4. The van der Waals surface area contributed by atoms with Crippen molar-refractivity contribution >= 4 is 23.6 Å². The smallest absolute Gasteiger partial charge is 0.141 e. The Balaban J connectivity index is 1.13. The molecule has 218 valence electrons. The van der Waals surface area contributed by atoms with Crippen LogP contribution in [0.3, 0.4) is 0 Å². The van der Waals surface area contributed by atoms with Crippen molar-refractivity contribution in [1.29, 1.82) is 0 Å². The molecule has 0 saturated carbocycles. The second-order valence-corrected chi connectivity index (χ2v) is 9.70. The number of hydrogen-bond donors (Lipinski definition) is 0. The van der Waals surface area contributed by atoms with Gasteiger partial charge in [0.05, 0.1) is 0 Å². The molecule has 0 atom stereocenters. The summed E-state index contributed by atoms with van der Waals surface area (Å²) >= 11 is 0. The van der Waals surface area contributed by atoms with Crippen LogP contribution in [0.2, 0.25) is 0 Å². The molecule has 8 nitrogen and oxygen atoms in total. The van der Waals surface area contributed by atoms with E-state index in [1.54, 1.807) is 48.5 Å². The Morgan fingerprint density at radius 2 is 0.881 bits per heavy atom. The highest BCUT2D eigenvalue weighted by molar-refractivity contribution is 5.84. The van der Waals surface area contributed by atoms with Crippen LogP contribution in [0.5, 0.6) is 11.5 Å². The van der Waals surface area contributed by atoms with Gasteiger partial charge in [-0.3, -0.25) is 0 Å². The van der Waals surface area contributed by atoms with Crippen LogP contribution in [0.1, 0.15) is 24.0 Å². The van der Waals surface area contributed by atoms with Crippen LogP contribution in [0.25, 0.3) is 0 Å². The third-order valence-corrected chi connectivity index (χ3v) is 6.74. The van der Waals surface area contributed by atoms with E-state index in [0.717, 1.165) is 35.5 Å². The molecule has 0 spiro atoms. The van der Waals surface area contributed by atoms with Crippen molar-refractivity contribution in [1.82, 2.24) is 0 Å². The Morgan fingerprint density at radius 3 is 1.21 bits per heavy atom. The molecular formula is C34H34N2O6-2. The number of anilines is 2. The number of ether oxygens (including phenoxy) is 2. The van der Waals surface area contributed by atoms with E-state index in [4.69, 9.17) is 9.47 Å².